The van der Waals surface area contributed by atoms with Crippen LogP contribution in [-0.2, 0) is 23.9 Å². The summed E-state index contributed by atoms with van der Waals surface area (Å²) in [5.41, 5.74) is -0.511. The van der Waals surface area contributed by atoms with Crippen LogP contribution in [-0.4, -0.2) is 36.6 Å². The number of nitrogens with one attached hydrogen (secondary N) is 1. The van der Waals surface area contributed by atoms with Gasteiger partial charge in [0.25, 0.3) is 0 Å². The van der Waals surface area contributed by atoms with Crippen molar-refractivity contribution in [1.29, 1.82) is 0 Å². The van der Waals surface area contributed by atoms with E-state index in [1.807, 2.05) is 32.9 Å². The topological polar surface area (TPSA) is 81.7 Å². The van der Waals surface area contributed by atoms with Gasteiger partial charge in [-0.05, 0) is 78.6 Å². The predicted molar refractivity (Wildman–Crippen MR) is 166 cm³/mol. The van der Waals surface area contributed by atoms with E-state index in [1.54, 1.807) is 0 Å². The van der Waals surface area contributed by atoms with E-state index in [0.717, 1.165) is 38.5 Å². The third-order valence-electron chi connectivity index (χ3n) is 5.50. The number of unbranched alkanes of at least 4 members (excludes halogenated alkanes) is 1. The number of allylic oxidation sites excluding steroid dienone is 12. The van der Waals surface area contributed by atoms with E-state index in [9.17, 15) is 14.4 Å². The number of rotatable bonds is 21. The molecule has 0 aromatic carbocycles. The molecule has 6 nitrogen and oxygen atoms in total. The average Bonchev–Trinajstić information content (AvgIpc) is 2.90. The zero-order valence-corrected chi connectivity index (χ0v) is 25.5. The van der Waals surface area contributed by atoms with Crippen LogP contribution in [0.25, 0.3) is 0 Å². The summed E-state index contributed by atoms with van der Waals surface area (Å²) in [7, 11) is 1.31. The summed E-state index contributed by atoms with van der Waals surface area (Å²) < 4.78 is 10.1. The van der Waals surface area contributed by atoms with Crippen molar-refractivity contribution in [2.45, 2.75) is 116 Å². The number of carbonyl (C=O) groups excluding carboxylic acids is 3. The molecule has 1 N–H and O–H groups in total. The van der Waals surface area contributed by atoms with E-state index < -0.39 is 17.6 Å². The molecule has 1 atom stereocenters. The first kappa shape index (κ1) is 36.8. The quantitative estimate of drug-likeness (QED) is 0.0881. The van der Waals surface area contributed by atoms with Crippen LogP contribution in [0.15, 0.2) is 72.9 Å². The molecular weight excluding hydrogens is 502 g/mol. The second kappa shape index (κ2) is 24.9. The Hall–Kier alpha value is -3.15. The van der Waals surface area contributed by atoms with Crippen molar-refractivity contribution in [2.24, 2.45) is 0 Å². The van der Waals surface area contributed by atoms with Crippen molar-refractivity contribution in [1.82, 2.24) is 5.32 Å². The van der Waals surface area contributed by atoms with Gasteiger partial charge in [0.2, 0.25) is 5.91 Å². The molecule has 0 rings (SSSR count). The van der Waals surface area contributed by atoms with Gasteiger partial charge < -0.3 is 14.8 Å². The Morgan fingerprint density at radius 2 is 1.18 bits per heavy atom. The van der Waals surface area contributed by atoms with Gasteiger partial charge >= 0.3 is 11.9 Å². The maximum Gasteiger partial charge on any atom is 0.328 e. The average molecular weight is 556 g/mol. The van der Waals surface area contributed by atoms with E-state index >= 15 is 0 Å². The number of hydrogen-bond donors (Lipinski definition) is 1. The highest BCUT2D eigenvalue weighted by molar-refractivity contribution is 5.84. The SMILES string of the molecule is CCC=CCC=CCC=CCC=CCC=CCC=CCCC(=O)N[C@@H](CCCCC(=O)OC(C)(C)C)C(=O)OC. The monoisotopic (exact) mass is 555 g/mol. The first-order valence-corrected chi connectivity index (χ1v) is 14.7. The molecule has 0 saturated carbocycles. The summed E-state index contributed by atoms with van der Waals surface area (Å²) >= 11 is 0. The first-order valence-electron chi connectivity index (χ1n) is 14.7. The van der Waals surface area contributed by atoms with Crippen LogP contribution in [0.1, 0.15) is 105 Å². The van der Waals surface area contributed by atoms with Crippen molar-refractivity contribution in [2.75, 3.05) is 7.11 Å². The Bertz CT molecular complexity index is 871. The summed E-state index contributed by atoms with van der Waals surface area (Å²) in [6.45, 7) is 7.62. The van der Waals surface area contributed by atoms with Gasteiger partial charge in [-0.1, -0.05) is 86.3 Å². The summed E-state index contributed by atoms with van der Waals surface area (Å²) in [5.74, 6) is -0.927. The third kappa shape index (κ3) is 25.1. The molecule has 0 heterocycles. The zero-order chi connectivity index (χ0) is 29.9. The fourth-order valence-corrected chi connectivity index (χ4v) is 3.52. The van der Waals surface area contributed by atoms with Gasteiger partial charge in [0.05, 0.1) is 7.11 Å². The molecule has 1 amide bonds. The van der Waals surface area contributed by atoms with Crippen LogP contribution in [0.4, 0.5) is 0 Å². The number of ether oxygens (including phenoxy) is 2. The molecule has 0 unspecified atom stereocenters. The standard InChI is InChI=1S/C34H53NO5/c1-6-7-8-9-10-11-12-13-14-15-16-17-18-19-20-21-22-23-24-28-31(36)35-30(33(38)39-5)27-25-26-29-32(37)40-34(2,3)4/h7-8,10-11,13-14,16-17,19-20,22-23,30H,6,9,12,15,18,21,24-29H2,1-5H3,(H,35,36)/t30-/m0/s1. The third-order valence-corrected chi connectivity index (χ3v) is 5.50. The lowest BCUT2D eigenvalue weighted by Crippen LogP contribution is -2.41. The molecule has 0 aromatic rings. The Balaban J connectivity index is 4.05. The minimum atomic E-state index is -0.707. The maximum absolute atomic E-state index is 12.3. The van der Waals surface area contributed by atoms with Crippen LogP contribution in [0.5, 0.6) is 0 Å². The number of esters is 2. The summed E-state index contributed by atoms with van der Waals surface area (Å²) in [6, 6.07) is -0.707. The van der Waals surface area contributed by atoms with E-state index in [2.05, 4.69) is 73.0 Å². The Kier molecular flexibility index (Phi) is 22.9. The molecule has 6 heteroatoms. The highest BCUT2D eigenvalue weighted by Crippen LogP contribution is 2.12. The van der Waals surface area contributed by atoms with Crippen molar-refractivity contribution < 1.29 is 23.9 Å². The number of methoxy groups -OCH3 is 1. The Morgan fingerprint density at radius 3 is 1.62 bits per heavy atom. The molecular formula is C34H53NO5. The van der Waals surface area contributed by atoms with Crippen LogP contribution in [0.2, 0.25) is 0 Å². The van der Waals surface area contributed by atoms with Crippen molar-refractivity contribution in [3.63, 3.8) is 0 Å². The van der Waals surface area contributed by atoms with Crippen molar-refractivity contribution >= 4 is 17.8 Å². The molecule has 0 aliphatic heterocycles. The second-order valence-corrected chi connectivity index (χ2v) is 10.4. The van der Waals surface area contributed by atoms with Gasteiger partial charge in [0, 0.05) is 12.8 Å². The number of amides is 1. The van der Waals surface area contributed by atoms with Gasteiger partial charge in [-0.3, -0.25) is 9.59 Å². The van der Waals surface area contributed by atoms with Crippen LogP contribution >= 0.6 is 0 Å². The fraction of sp³-hybridized carbons (Fsp3) is 0.559. The van der Waals surface area contributed by atoms with Gasteiger partial charge in [-0.2, -0.15) is 0 Å². The normalized spacial score (nSPS) is 13.4. The number of hydrogen-bond acceptors (Lipinski definition) is 5. The molecule has 224 valence electrons. The zero-order valence-electron chi connectivity index (χ0n) is 25.5. The van der Waals surface area contributed by atoms with Crippen molar-refractivity contribution in [3.8, 4) is 0 Å². The second-order valence-electron chi connectivity index (χ2n) is 10.4. The van der Waals surface area contributed by atoms with Crippen LogP contribution in [0, 0.1) is 0 Å². The molecule has 0 aliphatic carbocycles. The Morgan fingerprint density at radius 1 is 0.700 bits per heavy atom. The molecule has 0 fully saturated rings. The molecule has 0 aromatic heterocycles. The molecule has 0 saturated heterocycles. The summed E-state index contributed by atoms with van der Waals surface area (Å²) in [6.07, 6.45) is 34.3. The molecule has 0 bridgehead atoms. The minimum Gasteiger partial charge on any atom is -0.467 e. The summed E-state index contributed by atoms with van der Waals surface area (Å²) in [4.78, 5) is 36.2. The van der Waals surface area contributed by atoms with Gasteiger partial charge in [-0.25, -0.2) is 4.79 Å². The lowest BCUT2D eigenvalue weighted by molar-refractivity contribution is -0.155. The summed E-state index contributed by atoms with van der Waals surface area (Å²) in [5, 5.41) is 2.76. The van der Waals surface area contributed by atoms with Crippen LogP contribution < -0.4 is 5.32 Å². The highest BCUT2D eigenvalue weighted by Gasteiger charge is 2.21. The fourth-order valence-electron chi connectivity index (χ4n) is 3.52. The number of carbonyl (C=O) groups is 3. The lowest BCUT2D eigenvalue weighted by Gasteiger charge is -2.19. The highest BCUT2D eigenvalue weighted by atomic mass is 16.6. The van der Waals surface area contributed by atoms with E-state index in [1.165, 1.54) is 7.11 Å². The minimum absolute atomic E-state index is 0.193. The predicted octanol–water partition coefficient (Wildman–Crippen LogP) is 8.02. The van der Waals surface area contributed by atoms with Gasteiger partial charge in [0.15, 0.2) is 0 Å². The maximum atomic E-state index is 12.3. The smallest absolute Gasteiger partial charge is 0.328 e. The van der Waals surface area contributed by atoms with Gasteiger partial charge in [-0.15, -0.1) is 0 Å². The molecule has 40 heavy (non-hydrogen) atoms. The van der Waals surface area contributed by atoms with E-state index in [-0.39, 0.29) is 18.3 Å². The molecule has 0 radical (unpaired) electrons. The first-order chi connectivity index (χ1) is 19.2. The van der Waals surface area contributed by atoms with E-state index in [0.29, 0.717) is 32.1 Å². The van der Waals surface area contributed by atoms with Crippen molar-refractivity contribution in [3.05, 3.63) is 72.9 Å². The molecule has 0 spiro atoms. The van der Waals surface area contributed by atoms with Gasteiger partial charge in [0.1, 0.15) is 11.6 Å². The van der Waals surface area contributed by atoms with E-state index in [4.69, 9.17) is 9.47 Å². The Labute approximate surface area is 243 Å². The lowest BCUT2D eigenvalue weighted by atomic mass is 10.1. The molecule has 0 aliphatic rings. The van der Waals surface area contributed by atoms with Crippen LogP contribution in [0.3, 0.4) is 0 Å². The largest absolute Gasteiger partial charge is 0.467 e.